The maximum Gasteiger partial charge on any atom is 0.264 e. The van der Waals surface area contributed by atoms with Gasteiger partial charge in [0.2, 0.25) is 0 Å². The van der Waals surface area contributed by atoms with Crippen molar-refractivity contribution in [2.45, 2.75) is 24.7 Å². The summed E-state index contributed by atoms with van der Waals surface area (Å²) in [6, 6.07) is 22.6. The van der Waals surface area contributed by atoms with Crippen LogP contribution in [-0.2, 0) is 10.0 Å². The molecule has 3 aromatic rings. The van der Waals surface area contributed by atoms with E-state index in [1.807, 2.05) is 24.3 Å². The van der Waals surface area contributed by atoms with Gasteiger partial charge in [-0.1, -0.05) is 62.4 Å². The molecule has 1 amide bonds. The third-order valence-electron chi connectivity index (χ3n) is 5.08. The van der Waals surface area contributed by atoms with Crippen molar-refractivity contribution in [3.05, 3.63) is 90.0 Å². The third-order valence-corrected chi connectivity index (χ3v) is 6.86. The van der Waals surface area contributed by atoms with E-state index in [1.165, 1.54) is 19.2 Å². The number of carbonyl (C=O) groups is 1. The molecule has 0 saturated carbocycles. The zero-order valence-corrected chi connectivity index (χ0v) is 19.3. The van der Waals surface area contributed by atoms with Crippen LogP contribution in [0.3, 0.4) is 0 Å². The molecule has 6 nitrogen and oxygen atoms in total. The van der Waals surface area contributed by atoms with Gasteiger partial charge in [0.05, 0.1) is 22.7 Å². The Morgan fingerprint density at radius 2 is 1.56 bits per heavy atom. The van der Waals surface area contributed by atoms with E-state index in [2.05, 4.69) is 19.2 Å². The first-order valence-electron chi connectivity index (χ1n) is 10.5. The van der Waals surface area contributed by atoms with Gasteiger partial charge in [-0.15, -0.1) is 0 Å². The Morgan fingerprint density at radius 1 is 0.938 bits per heavy atom. The largest absolute Gasteiger partial charge is 0.491 e. The van der Waals surface area contributed by atoms with E-state index in [-0.39, 0.29) is 22.9 Å². The summed E-state index contributed by atoms with van der Waals surface area (Å²) in [5, 5.41) is 2.82. The zero-order valence-electron chi connectivity index (χ0n) is 18.5. The number of ether oxygens (including phenoxy) is 1. The van der Waals surface area contributed by atoms with Crippen LogP contribution in [0.2, 0.25) is 0 Å². The van der Waals surface area contributed by atoms with Crippen LogP contribution in [0.1, 0.15) is 35.7 Å². The van der Waals surface area contributed by atoms with Crippen LogP contribution >= 0.6 is 0 Å². The lowest BCUT2D eigenvalue weighted by molar-refractivity contribution is 0.0947. The lowest BCUT2D eigenvalue weighted by atomic mass is 10.0. The van der Waals surface area contributed by atoms with Crippen molar-refractivity contribution in [1.82, 2.24) is 5.32 Å². The molecule has 1 N–H and O–H groups in total. The molecule has 3 rings (SSSR count). The number of para-hydroxylation sites is 2. The monoisotopic (exact) mass is 452 g/mol. The number of nitrogens with one attached hydrogen (secondary N) is 1. The average molecular weight is 453 g/mol. The van der Waals surface area contributed by atoms with E-state index in [1.54, 1.807) is 42.5 Å². The summed E-state index contributed by atoms with van der Waals surface area (Å²) < 4.78 is 33.0. The number of hydrogen-bond acceptors (Lipinski definition) is 4. The molecule has 0 atom stereocenters. The first-order valence-corrected chi connectivity index (χ1v) is 11.9. The van der Waals surface area contributed by atoms with Crippen LogP contribution in [0.15, 0.2) is 83.8 Å². The fourth-order valence-corrected chi connectivity index (χ4v) is 4.57. The van der Waals surface area contributed by atoms with Crippen molar-refractivity contribution in [3.63, 3.8) is 0 Å². The number of benzene rings is 3. The zero-order chi connectivity index (χ0) is 23.1. The Hall–Kier alpha value is -3.32. The van der Waals surface area contributed by atoms with Crippen LogP contribution in [0, 0.1) is 0 Å². The van der Waals surface area contributed by atoms with E-state index in [4.69, 9.17) is 4.74 Å². The quantitative estimate of drug-likeness (QED) is 0.487. The number of amides is 1. The van der Waals surface area contributed by atoms with Crippen molar-refractivity contribution >= 4 is 21.6 Å². The van der Waals surface area contributed by atoms with Gasteiger partial charge in [0.25, 0.3) is 15.9 Å². The molecule has 0 aliphatic rings. The molecular weight excluding hydrogens is 424 g/mol. The summed E-state index contributed by atoms with van der Waals surface area (Å²) in [5.74, 6) is 0.761. The Labute approximate surface area is 189 Å². The molecule has 0 unspecified atom stereocenters. The van der Waals surface area contributed by atoms with E-state index in [9.17, 15) is 13.2 Å². The van der Waals surface area contributed by atoms with Crippen LogP contribution in [0.25, 0.3) is 0 Å². The Balaban J connectivity index is 1.69. The van der Waals surface area contributed by atoms with Gasteiger partial charge in [-0.2, -0.15) is 0 Å². The summed E-state index contributed by atoms with van der Waals surface area (Å²) >= 11 is 0. The number of anilines is 1. The fourth-order valence-electron chi connectivity index (χ4n) is 3.33. The number of carbonyl (C=O) groups excluding carboxylic acids is 1. The highest BCUT2D eigenvalue weighted by Gasteiger charge is 2.24. The van der Waals surface area contributed by atoms with Gasteiger partial charge >= 0.3 is 0 Å². The van der Waals surface area contributed by atoms with Crippen molar-refractivity contribution in [1.29, 1.82) is 0 Å². The van der Waals surface area contributed by atoms with Gasteiger partial charge in [-0.25, -0.2) is 8.42 Å². The summed E-state index contributed by atoms with van der Waals surface area (Å²) in [6.45, 7) is 4.78. The molecule has 0 aromatic heterocycles. The van der Waals surface area contributed by atoms with Gasteiger partial charge in [0, 0.05) is 7.05 Å². The van der Waals surface area contributed by atoms with Crippen LogP contribution < -0.4 is 14.4 Å². The molecule has 168 valence electrons. The molecule has 32 heavy (non-hydrogen) atoms. The molecule has 0 aliphatic carbocycles. The normalized spacial score (nSPS) is 11.2. The second kappa shape index (κ2) is 10.3. The standard InChI is InChI=1S/C25H28N2O4S/c1-19(2)21-13-8-10-16-24(21)31-18-17-26-25(28)22-14-7-9-15-23(22)27(3)32(29,30)20-11-5-4-6-12-20/h4-16,19H,17-18H2,1-3H3,(H,26,28). The minimum absolute atomic E-state index is 0.162. The lowest BCUT2D eigenvalue weighted by Gasteiger charge is -2.22. The second-order valence-electron chi connectivity index (χ2n) is 7.60. The summed E-state index contributed by atoms with van der Waals surface area (Å²) in [6.07, 6.45) is 0. The molecule has 7 heteroatoms. The maximum atomic E-state index is 13.0. The number of sulfonamides is 1. The Morgan fingerprint density at radius 3 is 2.28 bits per heavy atom. The van der Waals surface area contributed by atoms with Crippen molar-refractivity contribution in [2.75, 3.05) is 24.5 Å². The number of nitrogens with zero attached hydrogens (tertiary/aromatic N) is 1. The van der Waals surface area contributed by atoms with Crippen molar-refractivity contribution < 1.29 is 17.9 Å². The van der Waals surface area contributed by atoms with Crippen LogP contribution in [0.4, 0.5) is 5.69 Å². The molecule has 0 radical (unpaired) electrons. The first-order chi connectivity index (χ1) is 15.3. The van der Waals surface area contributed by atoms with Crippen molar-refractivity contribution in [2.24, 2.45) is 0 Å². The number of rotatable bonds is 9. The highest BCUT2D eigenvalue weighted by molar-refractivity contribution is 7.92. The molecule has 0 fully saturated rings. The molecule has 0 saturated heterocycles. The maximum absolute atomic E-state index is 13.0. The predicted octanol–water partition coefficient (Wildman–Crippen LogP) is 4.44. The minimum Gasteiger partial charge on any atom is -0.491 e. The topological polar surface area (TPSA) is 75.7 Å². The Kier molecular flexibility index (Phi) is 7.53. The van der Waals surface area contributed by atoms with Gasteiger partial charge < -0.3 is 10.1 Å². The van der Waals surface area contributed by atoms with Gasteiger partial charge in [-0.05, 0) is 41.8 Å². The number of hydrogen-bond donors (Lipinski definition) is 1. The highest BCUT2D eigenvalue weighted by Crippen LogP contribution is 2.26. The van der Waals surface area contributed by atoms with Crippen LogP contribution in [-0.4, -0.2) is 34.5 Å². The molecule has 0 bridgehead atoms. The fraction of sp³-hybridized carbons (Fsp3) is 0.240. The summed E-state index contributed by atoms with van der Waals surface area (Å²) in [4.78, 5) is 13.0. The average Bonchev–Trinajstić information content (AvgIpc) is 2.82. The minimum atomic E-state index is -3.79. The lowest BCUT2D eigenvalue weighted by Crippen LogP contribution is -2.32. The van der Waals surface area contributed by atoms with E-state index in [0.717, 1.165) is 15.6 Å². The predicted molar refractivity (Wildman–Crippen MR) is 127 cm³/mol. The third kappa shape index (κ3) is 5.29. The van der Waals surface area contributed by atoms with Crippen LogP contribution in [0.5, 0.6) is 5.75 Å². The van der Waals surface area contributed by atoms with E-state index >= 15 is 0 Å². The Bertz CT molecular complexity index is 1160. The van der Waals surface area contributed by atoms with Gasteiger partial charge in [0.15, 0.2) is 0 Å². The van der Waals surface area contributed by atoms with Crippen molar-refractivity contribution in [3.8, 4) is 5.75 Å². The molecule has 0 aliphatic heterocycles. The molecular formula is C25H28N2O4S. The van der Waals surface area contributed by atoms with Gasteiger partial charge in [0.1, 0.15) is 12.4 Å². The molecule has 3 aromatic carbocycles. The van der Waals surface area contributed by atoms with Gasteiger partial charge in [-0.3, -0.25) is 9.10 Å². The first kappa shape index (κ1) is 23.3. The summed E-state index contributed by atoms with van der Waals surface area (Å²) in [7, 11) is -2.35. The van der Waals surface area contributed by atoms with E-state index in [0.29, 0.717) is 18.2 Å². The van der Waals surface area contributed by atoms with E-state index < -0.39 is 10.0 Å². The molecule has 0 heterocycles. The SMILES string of the molecule is CC(C)c1ccccc1OCCNC(=O)c1ccccc1N(C)S(=O)(=O)c1ccccc1. The smallest absolute Gasteiger partial charge is 0.264 e. The second-order valence-corrected chi connectivity index (χ2v) is 9.57. The highest BCUT2D eigenvalue weighted by atomic mass is 32.2. The summed E-state index contributed by atoms with van der Waals surface area (Å²) in [5.41, 5.74) is 1.69. The molecule has 0 spiro atoms.